The summed E-state index contributed by atoms with van der Waals surface area (Å²) in [6.45, 7) is 1.86. The molecule has 22 heavy (non-hydrogen) atoms. The lowest BCUT2D eigenvalue weighted by Gasteiger charge is -2.30. The summed E-state index contributed by atoms with van der Waals surface area (Å²) in [5, 5.41) is -0.869. The van der Waals surface area contributed by atoms with Crippen molar-refractivity contribution in [3.63, 3.8) is 0 Å². The molecule has 7 unspecified atom stereocenters. The van der Waals surface area contributed by atoms with Gasteiger partial charge >= 0.3 is 11.9 Å². The van der Waals surface area contributed by atoms with Gasteiger partial charge in [0.1, 0.15) is 21.4 Å². The Morgan fingerprint density at radius 1 is 1.36 bits per heavy atom. The molecule has 2 aliphatic carbocycles. The number of halogens is 1. The van der Waals surface area contributed by atoms with Crippen LogP contribution in [0.25, 0.3) is 0 Å². The van der Waals surface area contributed by atoms with Crippen LogP contribution in [0.3, 0.4) is 0 Å². The van der Waals surface area contributed by atoms with Gasteiger partial charge in [-0.25, -0.2) is 0 Å². The summed E-state index contributed by atoms with van der Waals surface area (Å²) < 4.78 is 39.4. The summed E-state index contributed by atoms with van der Waals surface area (Å²) >= 11 is 1.99. The Bertz CT molecular complexity index is 604. The number of esters is 2. The van der Waals surface area contributed by atoms with E-state index >= 15 is 0 Å². The third-order valence-corrected chi connectivity index (χ3v) is 8.06. The lowest BCUT2D eigenvalue weighted by atomic mass is 9.84. The highest BCUT2D eigenvalue weighted by molar-refractivity contribution is 14.1. The molecule has 0 aromatic rings. The van der Waals surface area contributed by atoms with Gasteiger partial charge in [0.2, 0.25) is 0 Å². The Morgan fingerprint density at radius 3 is 2.64 bits per heavy atom. The summed E-state index contributed by atoms with van der Waals surface area (Å²) in [5.74, 6) is -2.44. The first-order valence-corrected chi connectivity index (χ1v) is 9.88. The van der Waals surface area contributed by atoms with E-state index in [9.17, 15) is 18.0 Å². The van der Waals surface area contributed by atoms with Crippen LogP contribution < -0.4 is 0 Å². The van der Waals surface area contributed by atoms with E-state index in [0.717, 1.165) is 0 Å². The zero-order valence-electron chi connectivity index (χ0n) is 12.1. The molecule has 2 saturated carbocycles. The van der Waals surface area contributed by atoms with E-state index in [2.05, 4.69) is 0 Å². The summed E-state index contributed by atoms with van der Waals surface area (Å²) in [6, 6.07) is 0. The van der Waals surface area contributed by atoms with Crippen molar-refractivity contribution in [3.05, 3.63) is 0 Å². The third-order valence-electron chi connectivity index (χ3n) is 4.87. The average molecular weight is 444 g/mol. The van der Waals surface area contributed by atoms with E-state index in [1.165, 1.54) is 7.11 Å². The topological polar surface area (TPSA) is 96.0 Å². The molecule has 3 rings (SSSR count). The highest BCUT2D eigenvalue weighted by Gasteiger charge is 2.72. The molecule has 7 nitrogen and oxygen atoms in total. The molecule has 0 aromatic heterocycles. The largest absolute Gasteiger partial charge is 0.469 e. The van der Waals surface area contributed by atoms with Crippen LogP contribution in [0, 0.1) is 17.8 Å². The van der Waals surface area contributed by atoms with Gasteiger partial charge in [-0.15, -0.1) is 0 Å². The number of rotatable bonds is 4. The smallest absolute Gasteiger partial charge is 0.319 e. The molecular formula is C13H17IO7S. The first kappa shape index (κ1) is 16.4. The van der Waals surface area contributed by atoms with Crippen molar-refractivity contribution < 1.29 is 31.7 Å². The van der Waals surface area contributed by atoms with Crippen LogP contribution in [0.1, 0.15) is 19.8 Å². The zero-order valence-corrected chi connectivity index (χ0v) is 15.1. The second kappa shape index (κ2) is 5.59. The minimum atomic E-state index is -3.82. The highest BCUT2D eigenvalue weighted by Crippen LogP contribution is 2.58. The summed E-state index contributed by atoms with van der Waals surface area (Å²) in [6.07, 6.45) is -0.235. The van der Waals surface area contributed by atoms with Crippen molar-refractivity contribution in [2.75, 3.05) is 7.11 Å². The monoisotopic (exact) mass is 444 g/mol. The van der Waals surface area contributed by atoms with Crippen molar-refractivity contribution in [2.45, 2.75) is 41.1 Å². The number of ether oxygens (including phenoxy) is 2. The first-order valence-electron chi connectivity index (χ1n) is 7.16. The number of methoxy groups -OCH3 is 1. The van der Waals surface area contributed by atoms with Gasteiger partial charge in [0.05, 0.1) is 13.0 Å². The zero-order chi connectivity index (χ0) is 16.2. The Kier molecular flexibility index (Phi) is 4.17. The van der Waals surface area contributed by atoms with Gasteiger partial charge in [-0.1, -0.05) is 29.5 Å². The van der Waals surface area contributed by atoms with E-state index in [1.54, 1.807) is 0 Å². The van der Waals surface area contributed by atoms with Gasteiger partial charge in [0.15, 0.2) is 0 Å². The van der Waals surface area contributed by atoms with Crippen LogP contribution in [-0.4, -0.2) is 48.8 Å². The normalized spacial score (nSPS) is 42.1. The SMILES string of the molecule is CCC(I)C(=O)OC1C2CC3C1OS(=O)(=O)C3C2C(=O)OC. The van der Waals surface area contributed by atoms with E-state index in [4.69, 9.17) is 13.7 Å². The molecule has 1 aliphatic heterocycles. The van der Waals surface area contributed by atoms with Crippen LogP contribution >= 0.6 is 22.6 Å². The Morgan fingerprint density at radius 2 is 2.05 bits per heavy atom. The van der Waals surface area contributed by atoms with E-state index < -0.39 is 45.4 Å². The highest BCUT2D eigenvalue weighted by atomic mass is 127. The number of alkyl halides is 1. The van der Waals surface area contributed by atoms with Gasteiger partial charge in [-0.2, -0.15) is 8.42 Å². The molecule has 1 heterocycles. The predicted molar refractivity (Wildman–Crippen MR) is 82.7 cm³/mol. The van der Waals surface area contributed by atoms with Crippen LogP contribution in [0.2, 0.25) is 0 Å². The molecule has 0 spiro atoms. The molecule has 1 saturated heterocycles. The van der Waals surface area contributed by atoms with Gasteiger partial charge in [-0.3, -0.25) is 13.8 Å². The second-order valence-electron chi connectivity index (χ2n) is 5.91. The van der Waals surface area contributed by atoms with Crippen LogP contribution in [0.5, 0.6) is 0 Å². The molecule has 124 valence electrons. The summed E-state index contributed by atoms with van der Waals surface area (Å²) in [4.78, 5) is 24.1. The van der Waals surface area contributed by atoms with Crippen molar-refractivity contribution in [1.82, 2.24) is 0 Å². The van der Waals surface area contributed by atoms with Crippen LogP contribution in [-0.2, 0) is 33.4 Å². The van der Waals surface area contributed by atoms with E-state index in [1.807, 2.05) is 29.5 Å². The first-order chi connectivity index (χ1) is 10.3. The number of hydrogen-bond donors (Lipinski definition) is 0. The molecule has 3 aliphatic rings. The molecule has 0 radical (unpaired) electrons. The van der Waals surface area contributed by atoms with Gasteiger partial charge in [-0.05, 0) is 12.8 Å². The fraction of sp³-hybridized carbons (Fsp3) is 0.846. The molecule has 0 amide bonds. The second-order valence-corrected chi connectivity index (χ2v) is 9.13. The minimum absolute atomic E-state index is 0.300. The maximum atomic E-state index is 12.2. The molecule has 3 fully saturated rings. The van der Waals surface area contributed by atoms with Crippen LogP contribution in [0.4, 0.5) is 0 Å². The van der Waals surface area contributed by atoms with Gasteiger partial charge in [0, 0.05) is 11.8 Å². The van der Waals surface area contributed by atoms with Crippen molar-refractivity contribution in [2.24, 2.45) is 17.8 Å². The molecule has 9 heteroatoms. The molecular weight excluding hydrogens is 427 g/mol. The van der Waals surface area contributed by atoms with E-state index in [0.29, 0.717) is 12.8 Å². The average Bonchev–Trinajstić information content (AvgIpc) is 3.07. The third kappa shape index (κ3) is 2.27. The lowest BCUT2D eigenvalue weighted by molar-refractivity contribution is -0.162. The molecule has 0 aromatic carbocycles. The number of carbonyl (C=O) groups excluding carboxylic acids is 2. The Hall–Kier alpha value is -0.420. The summed E-state index contributed by atoms with van der Waals surface area (Å²) in [7, 11) is -2.59. The predicted octanol–water partition coefficient (Wildman–Crippen LogP) is 0.648. The standard InChI is InChI=1S/C13H17IO7S/c1-3-7(14)12(15)20-9-5-4-6-10(9)21-22(17,18)11(6)8(5)13(16)19-2/h5-11H,3-4H2,1-2H3. The Balaban J connectivity index is 1.89. The Labute approximate surface area is 142 Å². The van der Waals surface area contributed by atoms with Gasteiger partial charge < -0.3 is 9.47 Å². The fourth-order valence-electron chi connectivity index (χ4n) is 3.96. The number of fused-ring (bicyclic) bond motifs is 1. The quantitative estimate of drug-likeness (QED) is 0.272. The number of hydrogen-bond acceptors (Lipinski definition) is 7. The van der Waals surface area contributed by atoms with Crippen LogP contribution in [0.15, 0.2) is 0 Å². The van der Waals surface area contributed by atoms with E-state index in [-0.39, 0.29) is 15.8 Å². The summed E-state index contributed by atoms with van der Waals surface area (Å²) in [5.41, 5.74) is 0. The van der Waals surface area contributed by atoms with Crippen molar-refractivity contribution >= 4 is 44.6 Å². The molecule has 7 atom stereocenters. The van der Waals surface area contributed by atoms with Gasteiger partial charge in [0.25, 0.3) is 10.1 Å². The lowest BCUT2D eigenvalue weighted by Crippen LogP contribution is -2.46. The molecule has 0 N–H and O–H groups in total. The maximum Gasteiger partial charge on any atom is 0.319 e. The van der Waals surface area contributed by atoms with Crippen molar-refractivity contribution in [3.8, 4) is 0 Å². The maximum absolute atomic E-state index is 12.2. The fourth-order valence-corrected chi connectivity index (χ4v) is 6.17. The minimum Gasteiger partial charge on any atom is -0.469 e. The molecule has 2 bridgehead atoms. The number of carbonyl (C=O) groups is 2. The van der Waals surface area contributed by atoms with Crippen molar-refractivity contribution in [1.29, 1.82) is 0 Å².